The van der Waals surface area contributed by atoms with Crippen molar-refractivity contribution < 1.29 is 9.53 Å². The van der Waals surface area contributed by atoms with E-state index in [1.807, 2.05) is 16.7 Å². The third-order valence-electron chi connectivity index (χ3n) is 2.92. The summed E-state index contributed by atoms with van der Waals surface area (Å²) in [5.41, 5.74) is 6.95. The first-order chi connectivity index (χ1) is 8.70. The highest BCUT2D eigenvalue weighted by atomic mass is 32.2. The molecule has 5 heteroatoms. The van der Waals surface area contributed by atoms with Gasteiger partial charge in [-0.05, 0) is 24.3 Å². The average Bonchev–Trinajstić information content (AvgIpc) is 2.65. The van der Waals surface area contributed by atoms with E-state index in [0.717, 1.165) is 31.0 Å². The van der Waals surface area contributed by atoms with Gasteiger partial charge in [-0.1, -0.05) is 0 Å². The van der Waals surface area contributed by atoms with Crippen molar-refractivity contribution in [3.63, 3.8) is 0 Å². The minimum absolute atomic E-state index is 0.0445. The number of benzene rings is 1. The van der Waals surface area contributed by atoms with Crippen LogP contribution in [0.1, 0.15) is 16.8 Å². The Balaban J connectivity index is 2.18. The van der Waals surface area contributed by atoms with Gasteiger partial charge in [0.15, 0.2) is 0 Å². The zero-order chi connectivity index (χ0) is 13.0. The maximum absolute atomic E-state index is 12.4. The maximum atomic E-state index is 12.4. The largest absolute Gasteiger partial charge is 0.497 e. The monoisotopic (exact) mass is 266 g/mol. The van der Waals surface area contributed by atoms with Crippen molar-refractivity contribution >= 4 is 23.4 Å². The number of rotatable bonds is 2. The lowest BCUT2D eigenvalue weighted by atomic mass is 10.1. The second-order valence-corrected chi connectivity index (χ2v) is 5.48. The van der Waals surface area contributed by atoms with Crippen LogP contribution >= 0.6 is 11.8 Å². The molecule has 0 bridgehead atoms. The van der Waals surface area contributed by atoms with Crippen molar-refractivity contribution in [3.05, 3.63) is 23.8 Å². The molecule has 0 unspecified atom stereocenters. The van der Waals surface area contributed by atoms with E-state index in [2.05, 4.69) is 0 Å². The van der Waals surface area contributed by atoms with Gasteiger partial charge in [0.1, 0.15) is 5.75 Å². The SMILES string of the molecule is COc1cc(N)cc(C(=O)N2CCCSCC2)c1. The zero-order valence-corrected chi connectivity index (χ0v) is 11.3. The fraction of sp³-hybridized carbons (Fsp3) is 0.462. The molecule has 2 rings (SSSR count). The summed E-state index contributed by atoms with van der Waals surface area (Å²) in [5, 5.41) is 0. The molecule has 0 spiro atoms. The third-order valence-corrected chi connectivity index (χ3v) is 3.97. The third kappa shape index (κ3) is 3.10. The Kier molecular flexibility index (Phi) is 4.36. The van der Waals surface area contributed by atoms with E-state index >= 15 is 0 Å². The molecule has 1 heterocycles. The van der Waals surface area contributed by atoms with Gasteiger partial charge in [-0.3, -0.25) is 4.79 Å². The van der Waals surface area contributed by atoms with Gasteiger partial charge in [0.2, 0.25) is 0 Å². The molecule has 0 atom stereocenters. The molecule has 1 fully saturated rings. The summed E-state index contributed by atoms with van der Waals surface area (Å²) in [4.78, 5) is 14.3. The molecular formula is C13H18N2O2S. The number of nitrogen functional groups attached to an aromatic ring is 1. The number of amides is 1. The van der Waals surface area contributed by atoms with Gasteiger partial charge in [-0.15, -0.1) is 0 Å². The predicted octanol–water partition coefficient (Wildman–Crippen LogP) is 1.86. The van der Waals surface area contributed by atoms with Crippen molar-refractivity contribution in [2.45, 2.75) is 6.42 Å². The molecule has 0 radical (unpaired) electrons. The molecule has 0 aromatic heterocycles. The zero-order valence-electron chi connectivity index (χ0n) is 10.5. The predicted molar refractivity (Wildman–Crippen MR) is 75.3 cm³/mol. The van der Waals surface area contributed by atoms with E-state index in [1.165, 1.54) is 0 Å². The lowest BCUT2D eigenvalue weighted by molar-refractivity contribution is 0.0768. The van der Waals surface area contributed by atoms with Gasteiger partial charge in [0.05, 0.1) is 7.11 Å². The number of nitrogens with two attached hydrogens (primary N) is 1. The molecule has 1 aromatic rings. The number of carbonyl (C=O) groups is 1. The Morgan fingerprint density at radius 1 is 1.33 bits per heavy atom. The Labute approximate surface area is 111 Å². The molecule has 2 N–H and O–H groups in total. The van der Waals surface area contributed by atoms with Gasteiger partial charge >= 0.3 is 0 Å². The van der Waals surface area contributed by atoms with Crippen LogP contribution in [0.15, 0.2) is 18.2 Å². The Bertz CT molecular complexity index is 429. The molecule has 18 heavy (non-hydrogen) atoms. The Morgan fingerprint density at radius 2 is 2.17 bits per heavy atom. The summed E-state index contributed by atoms with van der Waals surface area (Å²) < 4.78 is 5.14. The number of methoxy groups -OCH3 is 1. The van der Waals surface area contributed by atoms with Crippen LogP contribution in [-0.2, 0) is 0 Å². The van der Waals surface area contributed by atoms with Crippen LogP contribution in [0.25, 0.3) is 0 Å². The fourth-order valence-electron chi connectivity index (χ4n) is 2.00. The summed E-state index contributed by atoms with van der Waals surface area (Å²) in [6.45, 7) is 1.63. The smallest absolute Gasteiger partial charge is 0.254 e. The first-order valence-corrected chi connectivity index (χ1v) is 7.18. The molecule has 1 aromatic carbocycles. The van der Waals surface area contributed by atoms with E-state index in [-0.39, 0.29) is 5.91 Å². The summed E-state index contributed by atoms with van der Waals surface area (Å²) >= 11 is 1.90. The van der Waals surface area contributed by atoms with Crippen molar-refractivity contribution in [1.82, 2.24) is 4.90 Å². The van der Waals surface area contributed by atoms with Gasteiger partial charge in [0, 0.05) is 36.2 Å². The highest BCUT2D eigenvalue weighted by Crippen LogP contribution is 2.21. The summed E-state index contributed by atoms with van der Waals surface area (Å²) in [6, 6.07) is 5.18. The molecule has 98 valence electrons. The Morgan fingerprint density at radius 3 is 2.94 bits per heavy atom. The highest BCUT2D eigenvalue weighted by molar-refractivity contribution is 7.99. The van der Waals surface area contributed by atoms with Gasteiger partial charge in [-0.2, -0.15) is 11.8 Å². The molecule has 1 aliphatic rings. The topological polar surface area (TPSA) is 55.6 Å². The van der Waals surface area contributed by atoms with Crippen LogP contribution in [-0.4, -0.2) is 42.5 Å². The lowest BCUT2D eigenvalue weighted by Gasteiger charge is -2.20. The van der Waals surface area contributed by atoms with Crippen LogP contribution in [0.4, 0.5) is 5.69 Å². The molecule has 1 aliphatic heterocycles. The van der Waals surface area contributed by atoms with Crippen molar-refractivity contribution in [2.24, 2.45) is 0 Å². The molecule has 1 saturated heterocycles. The quantitative estimate of drug-likeness (QED) is 0.830. The molecular weight excluding hydrogens is 248 g/mol. The maximum Gasteiger partial charge on any atom is 0.254 e. The van der Waals surface area contributed by atoms with Crippen molar-refractivity contribution in [3.8, 4) is 5.75 Å². The van der Waals surface area contributed by atoms with Crippen LogP contribution in [0.5, 0.6) is 5.75 Å². The van der Waals surface area contributed by atoms with E-state index < -0.39 is 0 Å². The number of carbonyl (C=O) groups excluding carboxylic acids is 1. The van der Waals surface area contributed by atoms with Crippen molar-refractivity contribution in [1.29, 1.82) is 0 Å². The molecule has 4 nitrogen and oxygen atoms in total. The number of hydrogen-bond donors (Lipinski definition) is 1. The Hall–Kier alpha value is -1.36. The number of thioether (sulfide) groups is 1. The first-order valence-electron chi connectivity index (χ1n) is 6.02. The molecule has 1 amide bonds. The summed E-state index contributed by atoms with van der Waals surface area (Å²) in [6.07, 6.45) is 1.05. The number of anilines is 1. The van der Waals surface area contributed by atoms with Crippen molar-refractivity contribution in [2.75, 3.05) is 37.4 Å². The number of ether oxygens (including phenoxy) is 1. The van der Waals surface area contributed by atoms with E-state index in [0.29, 0.717) is 17.0 Å². The van der Waals surface area contributed by atoms with E-state index in [4.69, 9.17) is 10.5 Å². The molecule has 0 saturated carbocycles. The van der Waals surface area contributed by atoms with E-state index in [1.54, 1.807) is 25.3 Å². The minimum atomic E-state index is 0.0445. The highest BCUT2D eigenvalue weighted by Gasteiger charge is 2.18. The number of nitrogens with zero attached hydrogens (tertiary/aromatic N) is 1. The minimum Gasteiger partial charge on any atom is -0.497 e. The summed E-state index contributed by atoms with van der Waals surface area (Å²) in [7, 11) is 1.58. The number of hydrogen-bond acceptors (Lipinski definition) is 4. The van der Waals surface area contributed by atoms with Gasteiger partial charge < -0.3 is 15.4 Å². The van der Waals surface area contributed by atoms with Crippen LogP contribution in [0, 0.1) is 0 Å². The fourth-order valence-corrected chi connectivity index (χ4v) is 2.88. The summed E-state index contributed by atoms with van der Waals surface area (Å²) in [5.74, 6) is 2.81. The van der Waals surface area contributed by atoms with Gasteiger partial charge in [-0.25, -0.2) is 0 Å². The average molecular weight is 266 g/mol. The second-order valence-electron chi connectivity index (χ2n) is 4.25. The van der Waals surface area contributed by atoms with Gasteiger partial charge in [0.25, 0.3) is 5.91 Å². The second kappa shape index (κ2) is 6.00. The van der Waals surface area contributed by atoms with E-state index in [9.17, 15) is 4.79 Å². The standard InChI is InChI=1S/C13H18N2O2S/c1-17-12-8-10(7-11(14)9-12)13(16)15-3-2-5-18-6-4-15/h7-9H,2-6,14H2,1H3. The first kappa shape index (κ1) is 13.1. The van der Waals surface area contributed by atoms with Crippen LogP contribution in [0.2, 0.25) is 0 Å². The van der Waals surface area contributed by atoms with Crippen LogP contribution < -0.4 is 10.5 Å². The van der Waals surface area contributed by atoms with Crippen LogP contribution in [0.3, 0.4) is 0 Å². The lowest BCUT2D eigenvalue weighted by Crippen LogP contribution is -2.32. The molecule has 0 aliphatic carbocycles. The normalized spacial score (nSPS) is 16.2.